The highest BCUT2D eigenvalue weighted by atomic mass is 16.1. The zero-order valence-corrected chi connectivity index (χ0v) is 9.69. The van der Waals surface area contributed by atoms with Gasteiger partial charge in [0.2, 0.25) is 5.91 Å². The Morgan fingerprint density at radius 3 is 2.50 bits per heavy atom. The molecule has 1 atom stereocenters. The molecule has 6 nitrogen and oxygen atoms in total. The van der Waals surface area contributed by atoms with Gasteiger partial charge in [0, 0.05) is 5.56 Å². The van der Waals surface area contributed by atoms with Crippen LogP contribution in [0.15, 0.2) is 6.33 Å². The first-order valence-corrected chi connectivity index (χ1v) is 5.09. The Kier molecular flexibility index (Phi) is 3.65. The molecule has 0 radical (unpaired) electrons. The first-order chi connectivity index (χ1) is 7.43. The molecule has 1 aromatic rings. The van der Waals surface area contributed by atoms with Crippen LogP contribution in [0.2, 0.25) is 0 Å². The fourth-order valence-electron chi connectivity index (χ4n) is 1.37. The van der Waals surface area contributed by atoms with Gasteiger partial charge in [-0.15, -0.1) is 0 Å². The third-order valence-electron chi connectivity index (χ3n) is 2.27. The molecule has 0 bridgehead atoms. The predicted octanol–water partition coefficient (Wildman–Crippen LogP) is 0.468. The topological polar surface area (TPSA) is 107 Å². The molecular weight excluding hydrogens is 206 g/mol. The maximum Gasteiger partial charge on any atom is 0.239 e. The zero-order valence-electron chi connectivity index (χ0n) is 9.69. The number of carbonyl (C=O) groups is 1. The number of nitrogens with zero attached hydrogens (tertiary/aromatic N) is 2. The van der Waals surface area contributed by atoms with Crippen LogP contribution in [0.1, 0.15) is 32.3 Å². The number of primary amides is 1. The molecule has 5 N–H and O–H groups in total. The monoisotopic (exact) mass is 223 g/mol. The zero-order chi connectivity index (χ0) is 12.3. The molecule has 6 heteroatoms. The number of aromatic nitrogens is 2. The van der Waals surface area contributed by atoms with Gasteiger partial charge in [-0.3, -0.25) is 4.79 Å². The van der Waals surface area contributed by atoms with Gasteiger partial charge in [0.15, 0.2) is 0 Å². The Balaban J connectivity index is 3.04. The van der Waals surface area contributed by atoms with Crippen LogP contribution < -0.4 is 16.8 Å². The number of anilines is 2. The van der Waals surface area contributed by atoms with Gasteiger partial charge in [0.05, 0.1) is 0 Å². The van der Waals surface area contributed by atoms with Gasteiger partial charge in [-0.1, -0.05) is 13.8 Å². The number of nitrogens with two attached hydrogens (primary N) is 2. The van der Waals surface area contributed by atoms with E-state index in [1.165, 1.54) is 6.33 Å². The number of hydrogen-bond acceptors (Lipinski definition) is 5. The SMILES string of the molecule is CC(Nc1ncnc(N)c1C(C)C)C(N)=O. The van der Waals surface area contributed by atoms with E-state index < -0.39 is 11.9 Å². The van der Waals surface area contributed by atoms with Crippen molar-refractivity contribution in [2.45, 2.75) is 32.7 Å². The number of amides is 1. The van der Waals surface area contributed by atoms with Crippen molar-refractivity contribution in [3.05, 3.63) is 11.9 Å². The van der Waals surface area contributed by atoms with Gasteiger partial charge < -0.3 is 16.8 Å². The summed E-state index contributed by atoms with van der Waals surface area (Å²) < 4.78 is 0. The van der Waals surface area contributed by atoms with E-state index in [4.69, 9.17) is 11.5 Å². The van der Waals surface area contributed by atoms with E-state index >= 15 is 0 Å². The summed E-state index contributed by atoms with van der Waals surface area (Å²) in [5.41, 5.74) is 11.7. The molecule has 0 aliphatic heterocycles. The third-order valence-corrected chi connectivity index (χ3v) is 2.27. The first kappa shape index (κ1) is 12.2. The summed E-state index contributed by atoms with van der Waals surface area (Å²) >= 11 is 0. The minimum atomic E-state index is -0.494. The van der Waals surface area contributed by atoms with E-state index in [-0.39, 0.29) is 5.92 Å². The second-order valence-electron chi connectivity index (χ2n) is 3.94. The molecule has 88 valence electrons. The van der Waals surface area contributed by atoms with E-state index in [1.54, 1.807) is 6.92 Å². The number of carbonyl (C=O) groups excluding carboxylic acids is 1. The molecular formula is C10H17N5O. The van der Waals surface area contributed by atoms with Crippen LogP contribution in [0.3, 0.4) is 0 Å². The van der Waals surface area contributed by atoms with Crippen molar-refractivity contribution >= 4 is 17.5 Å². The molecule has 1 heterocycles. The minimum Gasteiger partial charge on any atom is -0.383 e. The molecule has 1 unspecified atom stereocenters. The summed E-state index contributed by atoms with van der Waals surface area (Å²) in [7, 11) is 0. The van der Waals surface area contributed by atoms with Gasteiger partial charge in [-0.25, -0.2) is 9.97 Å². The van der Waals surface area contributed by atoms with E-state index in [0.29, 0.717) is 11.6 Å². The lowest BCUT2D eigenvalue weighted by atomic mass is 10.0. The smallest absolute Gasteiger partial charge is 0.239 e. The Labute approximate surface area is 94.5 Å². The van der Waals surface area contributed by atoms with Crippen LogP contribution in [-0.4, -0.2) is 21.9 Å². The summed E-state index contributed by atoms with van der Waals surface area (Å²) in [5.74, 6) is 0.716. The maximum absolute atomic E-state index is 11.0. The molecule has 0 fully saturated rings. The second kappa shape index (κ2) is 4.78. The molecule has 0 aliphatic carbocycles. The van der Waals surface area contributed by atoms with E-state index in [2.05, 4.69) is 15.3 Å². The molecule has 0 aliphatic rings. The maximum atomic E-state index is 11.0. The van der Waals surface area contributed by atoms with Crippen molar-refractivity contribution in [3.63, 3.8) is 0 Å². The molecule has 16 heavy (non-hydrogen) atoms. The van der Waals surface area contributed by atoms with Crippen LogP contribution in [0.5, 0.6) is 0 Å². The summed E-state index contributed by atoms with van der Waals surface area (Å²) in [6, 6.07) is -0.494. The summed E-state index contributed by atoms with van der Waals surface area (Å²) in [6.07, 6.45) is 1.36. The molecule has 1 aromatic heterocycles. The van der Waals surface area contributed by atoms with E-state index in [0.717, 1.165) is 5.56 Å². The highest BCUT2D eigenvalue weighted by Crippen LogP contribution is 2.26. The summed E-state index contributed by atoms with van der Waals surface area (Å²) in [5, 5.41) is 2.93. The number of hydrogen-bond donors (Lipinski definition) is 3. The average Bonchev–Trinajstić information content (AvgIpc) is 2.16. The largest absolute Gasteiger partial charge is 0.383 e. The van der Waals surface area contributed by atoms with Crippen molar-refractivity contribution in [1.29, 1.82) is 0 Å². The van der Waals surface area contributed by atoms with Gasteiger partial charge in [0.25, 0.3) is 0 Å². The van der Waals surface area contributed by atoms with E-state index in [9.17, 15) is 4.79 Å². The van der Waals surface area contributed by atoms with Crippen LogP contribution in [-0.2, 0) is 4.79 Å². The number of nitrogens with one attached hydrogen (secondary N) is 1. The molecule has 0 aromatic carbocycles. The van der Waals surface area contributed by atoms with Gasteiger partial charge >= 0.3 is 0 Å². The third kappa shape index (κ3) is 2.59. The number of nitrogen functional groups attached to an aromatic ring is 1. The Morgan fingerprint density at radius 1 is 1.38 bits per heavy atom. The second-order valence-corrected chi connectivity index (χ2v) is 3.94. The van der Waals surface area contributed by atoms with Crippen LogP contribution in [0.4, 0.5) is 11.6 Å². The average molecular weight is 223 g/mol. The number of rotatable bonds is 4. The summed E-state index contributed by atoms with van der Waals surface area (Å²) in [6.45, 7) is 5.63. The lowest BCUT2D eigenvalue weighted by molar-refractivity contribution is -0.118. The molecule has 1 rings (SSSR count). The minimum absolute atomic E-state index is 0.170. The van der Waals surface area contributed by atoms with Crippen LogP contribution in [0, 0.1) is 0 Å². The molecule has 0 spiro atoms. The lowest BCUT2D eigenvalue weighted by Gasteiger charge is -2.17. The fraction of sp³-hybridized carbons (Fsp3) is 0.500. The Morgan fingerprint density at radius 2 is 2.00 bits per heavy atom. The lowest BCUT2D eigenvalue weighted by Crippen LogP contribution is -2.33. The van der Waals surface area contributed by atoms with Gasteiger partial charge in [0.1, 0.15) is 24.0 Å². The van der Waals surface area contributed by atoms with Crippen molar-refractivity contribution in [2.75, 3.05) is 11.1 Å². The predicted molar refractivity (Wildman–Crippen MR) is 62.8 cm³/mol. The highest BCUT2D eigenvalue weighted by molar-refractivity contribution is 5.82. The standard InChI is InChI=1S/C10H17N5O/c1-5(2)7-8(11)13-4-14-10(7)15-6(3)9(12)16/h4-6H,1-3H3,(H2,12,16)(H3,11,13,14,15). The van der Waals surface area contributed by atoms with Gasteiger partial charge in [-0.2, -0.15) is 0 Å². The van der Waals surface area contributed by atoms with Crippen molar-refractivity contribution in [1.82, 2.24) is 9.97 Å². The van der Waals surface area contributed by atoms with Gasteiger partial charge in [-0.05, 0) is 12.8 Å². The van der Waals surface area contributed by atoms with Crippen LogP contribution >= 0.6 is 0 Å². The highest BCUT2D eigenvalue weighted by Gasteiger charge is 2.16. The normalized spacial score (nSPS) is 12.5. The molecule has 0 saturated carbocycles. The van der Waals surface area contributed by atoms with E-state index in [1.807, 2.05) is 13.8 Å². The van der Waals surface area contributed by atoms with Crippen molar-refractivity contribution < 1.29 is 4.79 Å². The Bertz CT molecular complexity index is 391. The fourth-order valence-corrected chi connectivity index (χ4v) is 1.37. The van der Waals surface area contributed by atoms with Crippen LogP contribution in [0.25, 0.3) is 0 Å². The van der Waals surface area contributed by atoms with Crippen molar-refractivity contribution in [3.8, 4) is 0 Å². The van der Waals surface area contributed by atoms with Crippen molar-refractivity contribution in [2.24, 2.45) is 5.73 Å². The Hall–Kier alpha value is -1.85. The first-order valence-electron chi connectivity index (χ1n) is 5.09. The summed E-state index contributed by atoms with van der Waals surface area (Å²) in [4.78, 5) is 19.0. The molecule has 0 saturated heterocycles. The molecule has 1 amide bonds. The quantitative estimate of drug-likeness (QED) is 0.687.